The van der Waals surface area contributed by atoms with Crippen molar-refractivity contribution in [3.63, 3.8) is 0 Å². The van der Waals surface area contributed by atoms with E-state index in [1.807, 2.05) is 0 Å². The molecule has 4 aliphatic rings. The lowest BCUT2D eigenvalue weighted by Crippen LogP contribution is -2.72. The molecule has 32 heavy (non-hydrogen) atoms. The SMILES string of the molecule is CCOC(=O)C1=C[C@@]2(C#N)O[C@@H](OCC)[C@H]1[C@@H]1[C@@H](OCC)CC(C#N)=C[C@]12C(=O)OCC. The molecule has 0 spiro atoms. The molecular weight excluding hydrogens is 416 g/mol. The summed E-state index contributed by atoms with van der Waals surface area (Å²) in [5.41, 5.74) is -3.13. The first kappa shape index (κ1) is 23.9. The lowest BCUT2D eigenvalue weighted by Gasteiger charge is -2.60. The minimum absolute atomic E-state index is 0.0673. The number of rotatable bonds is 8. The average Bonchev–Trinajstić information content (AvgIpc) is 2.79. The first-order valence-corrected chi connectivity index (χ1v) is 10.9. The summed E-state index contributed by atoms with van der Waals surface area (Å²) in [5.74, 6) is -2.81. The molecule has 0 aromatic heterocycles. The van der Waals surface area contributed by atoms with Gasteiger partial charge in [0.05, 0.1) is 25.4 Å². The summed E-state index contributed by atoms with van der Waals surface area (Å²) in [6.07, 6.45) is 1.42. The second-order valence-electron chi connectivity index (χ2n) is 7.73. The van der Waals surface area contributed by atoms with E-state index in [0.717, 1.165) is 0 Å². The minimum Gasteiger partial charge on any atom is -0.465 e. The highest BCUT2D eigenvalue weighted by atomic mass is 16.7. The number of hydrogen-bond donors (Lipinski definition) is 0. The molecule has 1 saturated heterocycles. The third kappa shape index (κ3) is 3.41. The lowest BCUT2D eigenvalue weighted by molar-refractivity contribution is -0.298. The number of ether oxygens (including phenoxy) is 5. The van der Waals surface area contributed by atoms with Crippen LogP contribution in [0.3, 0.4) is 0 Å². The molecule has 9 nitrogen and oxygen atoms in total. The van der Waals surface area contributed by atoms with Crippen molar-refractivity contribution in [2.45, 2.75) is 52.1 Å². The van der Waals surface area contributed by atoms with E-state index in [1.54, 1.807) is 27.7 Å². The third-order valence-electron chi connectivity index (χ3n) is 6.21. The van der Waals surface area contributed by atoms with Crippen LogP contribution < -0.4 is 0 Å². The Morgan fingerprint density at radius 2 is 1.75 bits per heavy atom. The number of carbonyl (C=O) groups excluding carboxylic acids is 2. The van der Waals surface area contributed by atoms with Crippen molar-refractivity contribution in [3.05, 3.63) is 23.3 Å². The molecular formula is C23H28N2O7. The second kappa shape index (κ2) is 9.41. The van der Waals surface area contributed by atoms with Crippen molar-refractivity contribution in [1.82, 2.24) is 0 Å². The zero-order valence-electron chi connectivity index (χ0n) is 18.8. The summed E-state index contributed by atoms with van der Waals surface area (Å²) in [6.45, 7) is 7.69. The van der Waals surface area contributed by atoms with Gasteiger partial charge in [0.25, 0.3) is 0 Å². The van der Waals surface area contributed by atoms with Crippen molar-refractivity contribution in [2.24, 2.45) is 17.3 Å². The fourth-order valence-electron chi connectivity index (χ4n) is 5.18. The Balaban J connectivity index is 2.36. The number of nitrogens with zero attached hydrogens (tertiary/aromatic N) is 2. The van der Waals surface area contributed by atoms with Gasteiger partial charge in [-0.2, -0.15) is 10.5 Å². The quantitative estimate of drug-likeness (QED) is 0.517. The van der Waals surface area contributed by atoms with Gasteiger partial charge in [-0.15, -0.1) is 0 Å². The largest absolute Gasteiger partial charge is 0.465 e. The zero-order valence-corrected chi connectivity index (χ0v) is 18.8. The predicted molar refractivity (Wildman–Crippen MR) is 109 cm³/mol. The second-order valence-corrected chi connectivity index (χ2v) is 7.73. The van der Waals surface area contributed by atoms with E-state index < -0.39 is 47.2 Å². The van der Waals surface area contributed by atoms with E-state index >= 15 is 0 Å². The number of nitriles is 2. The molecule has 1 fully saturated rings. The van der Waals surface area contributed by atoms with E-state index in [1.165, 1.54) is 12.2 Å². The monoisotopic (exact) mass is 444 g/mol. The summed E-state index contributed by atoms with van der Waals surface area (Å²) in [5, 5.41) is 20.1. The van der Waals surface area contributed by atoms with Gasteiger partial charge in [0, 0.05) is 42.6 Å². The van der Waals surface area contributed by atoms with Crippen LogP contribution in [0.5, 0.6) is 0 Å². The van der Waals surface area contributed by atoms with Crippen molar-refractivity contribution in [2.75, 3.05) is 26.4 Å². The molecule has 2 bridgehead atoms. The molecule has 2 aliphatic heterocycles. The molecule has 0 amide bonds. The van der Waals surface area contributed by atoms with Crippen molar-refractivity contribution < 1.29 is 33.3 Å². The van der Waals surface area contributed by atoms with E-state index in [-0.39, 0.29) is 37.4 Å². The van der Waals surface area contributed by atoms with Crippen LogP contribution in [0.15, 0.2) is 23.3 Å². The van der Waals surface area contributed by atoms with Crippen LogP contribution in [0.1, 0.15) is 34.1 Å². The van der Waals surface area contributed by atoms with Crippen LogP contribution in [0.2, 0.25) is 0 Å². The molecule has 0 radical (unpaired) electrons. The molecule has 0 saturated carbocycles. The molecule has 2 heterocycles. The summed E-state index contributed by atoms with van der Waals surface area (Å²) < 4.78 is 28.6. The smallest absolute Gasteiger partial charge is 0.334 e. The molecule has 0 N–H and O–H groups in total. The van der Waals surface area contributed by atoms with Gasteiger partial charge < -0.3 is 23.7 Å². The molecule has 6 atom stereocenters. The Hall–Kier alpha value is -2.72. The first-order valence-electron chi connectivity index (χ1n) is 10.9. The Morgan fingerprint density at radius 3 is 2.31 bits per heavy atom. The van der Waals surface area contributed by atoms with Gasteiger partial charge in [-0.1, -0.05) is 0 Å². The Morgan fingerprint density at radius 1 is 1.06 bits per heavy atom. The van der Waals surface area contributed by atoms with Gasteiger partial charge in [-0.05, 0) is 39.8 Å². The maximum absolute atomic E-state index is 13.5. The number of hydrogen-bond acceptors (Lipinski definition) is 9. The zero-order chi connectivity index (χ0) is 23.5. The Labute approximate surface area is 187 Å². The Bertz CT molecular complexity index is 914. The molecule has 9 heteroatoms. The maximum Gasteiger partial charge on any atom is 0.334 e. The molecule has 0 unspecified atom stereocenters. The molecule has 172 valence electrons. The summed E-state index contributed by atoms with van der Waals surface area (Å²) >= 11 is 0. The first-order chi connectivity index (χ1) is 15.4. The molecule has 0 aromatic rings. The number of fused-ring (bicyclic) bond motifs is 1. The van der Waals surface area contributed by atoms with Gasteiger partial charge in [0.15, 0.2) is 11.9 Å². The van der Waals surface area contributed by atoms with Crippen LogP contribution >= 0.6 is 0 Å². The topological polar surface area (TPSA) is 128 Å². The van der Waals surface area contributed by atoms with Gasteiger partial charge >= 0.3 is 11.9 Å². The van der Waals surface area contributed by atoms with Gasteiger partial charge in [-0.25, -0.2) is 4.79 Å². The number of carbonyl (C=O) groups is 2. The van der Waals surface area contributed by atoms with Crippen molar-refractivity contribution in [1.29, 1.82) is 10.5 Å². The van der Waals surface area contributed by atoms with Crippen LogP contribution in [0, 0.1) is 39.9 Å². The van der Waals surface area contributed by atoms with Gasteiger partial charge in [-0.3, -0.25) is 4.79 Å². The van der Waals surface area contributed by atoms with Gasteiger partial charge in [0.1, 0.15) is 11.5 Å². The number of esters is 2. The normalized spacial score (nSPS) is 34.9. The van der Waals surface area contributed by atoms with Gasteiger partial charge in [0.2, 0.25) is 0 Å². The van der Waals surface area contributed by atoms with Crippen LogP contribution in [0.25, 0.3) is 0 Å². The van der Waals surface area contributed by atoms with E-state index in [9.17, 15) is 20.1 Å². The van der Waals surface area contributed by atoms with E-state index in [2.05, 4.69) is 12.1 Å². The third-order valence-corrected chi connectivity index (χ3v) is 6.21. The van der Waals surface area contributed by atoms with Crippen LogP contribution in [-0.2, 0) is 33.3 Å². The Kier molecular flexibility index (Phi) is 7.04. The molecule has 2 aliphatic carbocycles. The van der Waals surface area contributed by atoms with Crippen LogP contribution in [0.4, 0.5) is 0 Å². The standard InChI is InChI=1S/C23H28N2O7/c1-5-28-16-9-14(12-24)10-23(21(27)31-8-4)18(16)17-15(19(26)29-6-2)11-22(23,13-25)32-20(17)30-7-3/h10-11,16-18,20H,5-9H2,1-4H3/t16-,17+,18-,20+,22-,23+/m0/s1. The summed E-state index contributed by atoms with van der Waals surface area (Å²) in [7, 11) is 0. The highest BCUT2D eigenvalue weighted by Gasteiger charge is 2.75. The van der Waals surface area contributed by atoms with Crippen molar-refractivity contribution >= 4 is 11.9 Å². The maximum atomic E-state index is 13.5. The molecule has 4 rings (SSSR count). The predicted octanol–water partition coefficient (Wildman–Crippen LogP) is 2.19. The summed E-state index contributed by atoms with van der Waals surface area (Å²) in [4.78, 5) is 26.5. The molecule has 0 aromatic carbocycles. The lowest BCUT2D eigenvalue weighted by atomic mass is 9.49. The highest BCUT2D eigenvalue weighted by molar-refractivity contribution is 5.93. The fourth-order valence-corrected chi connectivity index (χ4v) is 5.18. The average molecular weight is 444 g/mol. The highest BCUT2D eigenvalue weighted by Crippen LogP contribution is 2.63. The minimum atomic E-state index is -1.95. The van der Waals surface area contributed by atoms with E-state index in [0.29, 0.717) is 6.61 Å². The fraction of sp³-hybridized carbons (Fsp3) is 0.652. The summed E-state index contributed by atoms with van der Waals surface area (Å²) in [6, 6.07) is 4.21. The van der Waals surface area contributed by atoms with E-state index in [4.69, 9.17) is 23.7 Å². The van der Waals surface area contributed by atoms with Crippen LogP contribution in [-0.4, -0.2) is 56.4 Å². The van der Waals surface area contributed by atoms with Crippen molar-refractivity contribution in [3.8, 4) is 12.1 Å².